The smallest absolute Gasteiger partial charge is 0.262 e. The van der Waals surface area contributed by atoms with Crippen LogP contribution >= 0.6 is 0 Å². The second-order valence-corrected chi connectivity index (χ2v) is 10.9. The number of nitrogens with one attached hydrogen (secondary N) is 1. The molecule has 0 radical (unpaired) electrons. The highest BCUT2D eigenvalue weighted by atomic mass is 32.2. The summed E-state index contributed by atoms with van der Waals surface area (Å²) in [6, 6.07) is 21.1. The van der Waals surface area contributed by atoms with Crippen molar-refractivity contribution in [2.24, 2.45) is 0 Å². The van der Waals surface area contributed by atoms with Gasteiger partial charge in [0.2, 0.25) is 10.0 Å². The topological polar surface area (TPSA) is 105 Å². The predicted octanol–water partition coefficient (Wildman–Crippen LogP) is 3.49. The Morgan fingerprint density at radius 1 is 1.03 bits per heavy atom. The van der Waals surface area contributed by atoms with E-state index in [9.17, 15) is 18.0 Å². The van der Waals surface area contributed by atoms with E-state index in [0.29, 0.717) is 24.4 Å². The fraction of sp³-hybridized carbons (Fsp3) is 0.310. The minimum absolute atomic E-state index is 0.0306. The Morgan fingerprint density at radius 3 is 2.41 bits per heavy atom. The third-order valence-electron chi connectivity index (χ3n) is 6.60. The van der Waals surface area contributed by atoms with Gasteiger partial charge >= 0.3 is 0 Å². The van der Waals surface area contributed by atoms with Crippen LogP contribution in [-0.2, 0) is 21.2 Å². The molecule has 0 fully saturated rings. The van der Waals surface area contributed by atoms with Crippen LogP contribution in [0.4, 0.5) is 5.69 Å². The van der Waals surface area contributed by atoms with Gasteiger partial charge in [-0.2, -0.15) is 4.31 Å². The zero-order chi connectivity index (χ0) is 28.0. The maximum Gasteiger partial charge on any atom is 0.262 e. The number of fused-ring (bicyclic) bond motifs is 1. The second kappa shape index (κ2) is 12.3. The molecule has 4 rings (SSSR count). The fourth-order valence-electron chi connectivity index (χ4n) is 4.52. The molecule has 1 aliphatic heterocycles. The fourth-order valence-corrected chi connectivity index (χ4v) is 6.16. The SMILES string of the molecule is CCN(CC)S(=O)(=O)c1cc(C(=O)N2C[C@@H](C(=O)NCCc3ccccc3)Oc3ccccc32)ccc1OC. The molecular formula is C29H33N3O6S. The number of carbonyl (C=O) groups excluding carboxylic acids is 2. The summed E-state index contributed by atoms with van der Waals surface area (Å²) in [5.41, 5.74) is 1.75. The van der Waals surface area contributed by atoms with Gasteiger partial charge in [0, 0.05) is 25.2 Å². The number of carbonyl (C=O) groups is 2. The first-order valence-corrected chi connectivity index (χ1v) is 14.3. The van der Waals surface area contributed by atoms with Gasteiger partial charge in [0.1, 0.15) is 16.4 Å². The third kappa shape index (κ3) is 6.07. The van der Waals surface area contributed by atoms with Crippen molar-refractivity contribution in [2.75, 3.05) is 38.2 Å². The molecule has 0 aliphatic carbocycles. The van der Waals surface area contributed by atoms with Gasteiger partial charge in [-0.15, -0.1) is 0 Å². The molecule has 0 spiro atoms. The van der Waals surface area contributed by atoms with Crippen molar-refractivity contribution in [3.8, 4) is 11.5 Å². The second-order valence-electron chi connectivity index (χ2n) is 8.97. The Morgan fingerprint density at radius 2 is 1.72 bits per heavy atom. The first-order chi connectivity index (χ1) is 18.8. The van der Waals surface area contributed by atoms with Crippen molar-refractivity contribution in [3.63, 3.8) is 0 Å². The van der Waals surface area contributed by atoms with E-state index < -0.39 is 22.0 Å². The van der Waals surface area contributed by atoms with Crippen molar-refractivity contribution in [2.45, 2.75) is 31.3 Å². The number of benzene rings is 3. The number of rotatable bonds is 10. The lowest BCUT2D eigenvalue weighted by Gasteiger charge is -2.34. The Kier molecular flexibility index (Phi) is 8.88. The van der Waals surface area contributed by atoms with E-state index in [2.05, 4.69) is 5.32 Å². The molecule has 0 saturated carbocycles. The Balaban J connectivity index is 1.60. The molecule has 3 aromatic rings. The quantitative estimate of drug-likeness (QED) is 0.414. The summed E-state index contributed by atoms with van der Waals surface area (Å²) in [6.45, 7) is 4.44. The standard InChI is InChI=1S/C29H33N3O6S/c1-4-31(5-2)39(35,36)27-19-22(15-16-25(27)37-3)29(34)32-20-26(38-24-14-10-9-13-23(24)32)28(33)30-18-17-21-11-7-6-8-12-21/h6-16,19,26H,4-5,17-18,20H2,1-3H3,(H,30,33)/t26-/m0/s1. The molecule has 206 valence electrons. The van der Waals surface area contributed by atoms with Crippen molar-refractivity contribution in [3.05, 3.63) is 83.9 Å². The van der Waals surface area contributed by atoms with E-state index in [4.69, 9.17) is 9.47 Å². The molecule has 0 aromatic heterocycles. The van der Waals surface area contributed by atoms with Crippen LogP contribution in [0.5, 0.6) is 11.5 Å². The molecular weight excluding hydrogens is 518 g/mol. The Hall–Kier alpha value is -3.89. The minimum Gasteiger partial charge on any atom is -0.495 e. The van der Waals surface area contributed by atoms with Crippen molar-refractivity contribution >= 4 is 27.5 Å². The van der Waals surface area contributed by atoms with Crippen LogP contribution in [0, 0.1) is 0 Å². The molecule has 3 aromatic carbocycles. The zero-order valence-corrected chi connectivity index (χ0v) is 23.1. The van der Waals surface area contributed by atoms with Gasteiger partial charge in [0.15, 0.2) is 6.10 Å². The molecule has 2 amide bonds. The first kappa shape index (κ1) is 28.1. The van der Waals surface area contributed by atoms with Crippen LogP contribution in [0.15, 0.2) is 77.7 Å². The first-order valence-electron chi connectivity index (χ1n) is 12.9. The summed E-state index contributed by atoms with van der Waals surface area (Å²) in [5.74, 6) is -0.245. The number of sulfonamides is 1. The van der Waals surface area contributed by atoms with Crippen LogP contribution in [0.1, 0.15) is 29.8 Å². The van der Waals surface area contributed by atoms with E-state index >= 15 is 0 Å². The van der Waals surface area contributed by atoms with Gasteiger partial charge in [-0.25, -0.2) is 8.42 Å². The molecule has 0 bridgehead atoms. The van der Waals surface area contributed by atoms with E-state index in [1.165, 1.54) is 34.5 Å². The van der Waals surface area contributed by atoms with Gasteiger partial charge in [-0.3, -0.25) is 9.59 Å². The lowest BCUT2D eigenvalue weighted by molar-refractivity contribution is -0.127. The number of ether oxygens (including phenoxy) is 2. The molecule has 0 saturated heterocycles. The lowest BCUT2D eigenvalue weighted by atomic mass is 10.1. The van der Waals surface area contributed by atoms with Gasteiger partial charge in [0.25, 0.3) is 11.8 Å². The average Bonchev–Trinajstić information content (AvgIpc) is 2.96. The van der Waals surface area contributed by atoms with Crippen LogP contribution in [0.3, 0.4) is 0 Å². The van der Waals surface area contributed by atoms with Crippen LogP contribution < -0.4 is 19.7 Å². The van der Waals surface area contributed by atoms with E-state index in [1.54, 1.807) is 38.1 Å². The van der Waals surface area contributed by atoms with Crippen LogP contribution in [-0.4, -0.2) is 63.9 Å². The van der Waals surface area contributed by atoms with Gasteiger partial charge < -0.3 is 19.7 Å². The highest BCUT2D eigenvalue weighted by Crippen LogP contribution is 2.35. The van der Waals surface area contributed by atoms with E-state index in [-0.39, 0.29) is 41.7 Å². The molecule has 1 atom stereocenters. The summed E-state index contributed by atoms with van der Waals surface area (Å²) in [6.07, 6.45) is -0.273. The molecule has 1 heterocycles. The Bertz CT molecular complexity index is 1420. The van der Waals surface area contributed by atoms with E-state index in [1.807, 2.05) is 30.3 Å². The number of methoxy groups -OCH3 is 1. The largest absolute Gasteiger partial charge is 0.495 e. The van der Waals surface area contributed by atoms with Gasteiger partial charge in [-0.05, 0) is 42.3 Å². The van der Waals surface area contributed by atoms with Crippen molar-refractivity contribution in [1.29, 1.82) is 0 Å². The molecule has 10 heteroatoms. The average molecular weight is 552 g/mol. The highest BCUT2D eigenvalue weighted by Gasteiger charge is 2.35. The summed E-state index contributed by atoms with van der Waals surface area (Å²) in [4.78, 5) is 28.2. The lowest BCUT2D eigenvalue weighted by Crippen LogP contribution is -2.51. The number of hydrogen-bond donors (Lipinski definition) is 1. The summed E-state index contributed by atoms with van der Waals surface area (Å²) >= 11 is 0. The predicted molar refractivity (Wildman–Crippen MR) is 149 cm³/mol. The van der Waals surface area contributed by atoms with Gasteiger partial charge in [0.05, 0.1) is 19.3 Å². The monoisotopic (exact) mass is 551 g/mol. The van der Waals surface area contributed by atoms with Crippen LogP contribution in [0.2, 0.25) is 0 Å². The van der Waals surface area contributed by atoms with Crippen LogP contribution in [0.25, 0.3) is 0 Å². The summed E-state index contributed by atoms with van der Waals surface area (Å²) in [5, 5.41) is 2.90. The van der Waals surface area contributed by atoms with E-state index in [0.717, 1.165) is 5.56 Å². The third-order valence-corrected chi connectivity index (χ3v) is 8.67. The molecule has 1 N–H and O–H groups in total. The molecule has 0 unspecified atom stereocenters. The number of para-hydroxylation sites is 2. The van der Waals surface area contributed by atoms with Crippen molar-refractivity contribution < 1.29 is 27.5 Å². The Labute approximate surface area is 229 Å². The number of hydrogen-bond acceptors (Lipinski definition) is 6. The number of amides is 2. The molecule has 39 heavy (non-hydrogen) atoms. The summed E-state index contributed by atoms with van der Waals surface area (Å²) in [7, 11) is -2.51. The minimum atomic E-state index is -3.90. The number of anilines is 1. The maximum absolute atomic E-state index is 13.8. The van der Waals surface area contributed by atoms with Gasteiger partial charge in [-0.1, -0.05) is 56.3 Å². The number of nitrogens with zero attached hydrogens (tertiary/aromatic N) is 2. The zero-order valence-electron chi connectivity index (χ0n) is 22.3. The highest BCUT2D eigenvalue weighted by molar-refractivity contribution is 7.89. The van der Waals surface area contributed by atoms with Crippen molar-refractivity contribution in [1.82, 2.24) is 9.62 Å². The summed E-state index contributed by atoms with van der Waals surface area (Å²) < 4.78 is 39.2. The normalized spacial score (nSPS) is 14.9. The maximum atomic E-state index is 13.8. The molecule has 9 nitrogen and oxygen atoms in total. The molecule has 1 aliphatic rings.